The molecule has 0 bridgehead atoms. The summed E-state index contributed by atoms with van der Waals surface area (Å²) < 4.78 is 0. The van der Waals surface area contributed by atoms with E-state index in [4.69, 9.17) is 0 Å². The molecule has 3 rings (SSSR count). The summed E-state index contributed by atoms with van der Waals surface area (Å²) in [7, 11) is 0. The van der Waals surface area contributed by atoms with Gasteiger partial charge in [-0.25, -0.2) is 4.79 Å². The fourth-order valence-electron chi connectivity index (χ4n) is 4.38. The molecule has 4 amide bonds. The Kier molecular flexibility index (Phi) is 6.38. The number of amides is 4. The summed E-state index contributed by atoms with van der Waals surface area (Å²) in [5.41, 5.74) is 0. The molecule has 2 heterocycles. The summed E-state index contributed by atoms with van der Waals surface area (Å²) in [5, 5.41) is 3.15. The number of nitrogens with one attached hydrogen (secondary N) is 1. The monoisotopic (exact) mass is 364 g/mol. The van der Waals surface area contributed by atoms with Crippen LogP contribution < -0.4 is 5.32 Å². The molecule has 0 aromatic carbocycles. The molecular weight excluding hydrogens is 332 g/mol. The van der Waals surface area contributed by atoms with Gasteiger partial charge in [0, 0.05) is 58.2 Å². The Bertz CT molecular complexity index is 525. The molecule has 0 spiro atoms. The van der Waals surface area contributed by atoms with Crippen LogP contribution in [-0.2, 0) is 9.59 Å². The maximum absolute atomic E-state index is 12.8. The maximum Gasteiger partial charge on any atom is 0.317 e. The summed E-state index contributed by atoms with van der Waals surface area (Å²) in [4.78, 5) is 42.3. The van der Waals surface area contributed by atoms with Gasteiger partial charge >= 0.3 is 6.03 Å². The van der Waals surface area contributed by atoms with Gasteiger partial charge in [-0.2, -0.15) is 0 Å². The second-order valence-corrected chi connectivity index (χ2v) is 7.88. The molecule has 3 fully saturated rings. The Morgan fingerprint density at radius 3 is 2.00 bits per heavy atom. The first kappa shape index (κ1) is 19.0. The number of likely N-dealkylation sites (tertiary alicyclic amines) is 1. The largest absolute Gasteiger partial charge is 0.343 e. The van der Waals surface area contributed by atoms with Crippen molar-refractivity contribution < 1.29 is 14.4 Å². The van der Waals surface area contributed by atoms with E-state index in [-0.39, 0.29) is 23.8 Å². The molecule has 146 valence electrons. The molecule has 0 aromatic rings. The van der Waals surface area contributed by atoms with Crippen LogP contribution in [0.15, 0.2) is 0 Å². The van der Waals surface area contributed by atoms with Crippen molar-refractivity contribution in [3.05, 3.63) is 0 Å². The molecule has 1 aliphatic carbocycles. The minimum absolute atomic E-state index is 0.0180. The third-order valence-electron chi connectivity index (χ3n) is 6.07. The second-order valence-electron chi connectivity index (χ2n) is 7.88. The molecule has 7 nitrogen and oxygen atoms in total. The Morgan fingerprint density at radius 1 is 0.731 bits per heavy atom. The van der Waals surface area contributed by atoms with Gasteiger partial charge in [-0.3, -0.25) is 9.59 Å². The molecule has 1 N–H and O–H groups in total. The fraction of sp³-hybridized carbons (Fsp3) is 0.842. The van der Waals surface area contributed by atoms with Crippen LogP contribution in [0.3, 0.4) is 0 Å². The maximum atomic E-state index is 12.8. The van der Waals surface area contributed by atoms with Gasteiger partial charge in [0.1, 0.15) is 0 Å². The lowest BCUT2D eigenvalue weighted by atomic mass is 9.95. The van der Waals surface area contributed by atoms with E-state index in [9.17, 15) is 14.4 Å². The van der Waals surface area contributed by atoms with Crippen LogP contribution in [0.25, 0.3) is 0 Å². The Labute approximate surface area is 156 Å². The first-order valence-corrected chi connectivity index (χ1v) is 10.1. The summed E-state index contributed by atoms with van der Waals surface area (Å²) in [6.45, 7) is 5.59. The van der Waals surface area contributed by atoms with Crippen LogP contribution >= 0.6 is 0 Å². The van der Waals surface area contributed by atoms with E-state index in [1.807, 2.05) is 14.7 Å². The summed E-state index contributed by atoms with van der Waals surface area (Å²) in [6.07, 6.45) is 6.91. The number of rotatable bonds is 2. The third kappa shape index (κ3) is 4.68. The SMILES string of the molecule is CC(=O)N1CCC(C(=O)N2CCCN(C(=O)NC3CCCC3)CC2)CC1. The lowest BCUT2D eigenvalue weighted by Gasteiger charge is -2.33. The zero-order valence-electron chi connectivity index (χ0n) is 15.9. The lowest BCUT2D eigenvalue weighted by molar-refractivity contribution is -0.140. The Balaban J connectivity index is 1.46. The van der Waals surface area contributed by atoms with E-state index in [0.717, 1.165) is 38.6 Å². The summed E-state index contributed by atoms with van der Waals surface area (Å²) in [6, 6.07) is 0.357. The van der Waals surface area contributed by atoms with Crippen molar-refractivity contribution in [2.75, 3.05) is 39.3 Å². The van der Waals surface area contributed by atoms with Crippen molar-refractivity contribution in [1.29, 1.82) is 0 Å². The molecule has 0 atom stereocenters. The van der Waals surface area contributed by atoms with Crippen LogP contribution in [-0.4, -0.2) is 77.9 Å². The highest BCUT2D eigenvalue weighted by molar-refractivity contribution is 5.80. The van der Waals surface area contributed by atoms with Crippen molar-refractivity contribution in [3.63, 3.8) is 0 Å². The predicted molar refractivity (Wildman–Crippen MR) is 98.5 cm³/mol. The van der Waals surface area contributed by atoms with Crippen molar-refractivity contribution in [2.45, 2.75) is 57.9 Å². The third-order valence-corrected chi connectivity index (χ3v) is 6.07. The van der Waals surface area contributed by atoms with Crippen molar-refractivity contribution >= 4 is 17.8 Å². The standard InChI is InChI=1S/C19H32N4O3/c1-15(24)21-11-7-16(8-12-21)18(25)22-9-4-10-23(14-13-22)19(26)20-17-5-2-3-6-17/h16-17H,2-14H2,1H3,(H,20,26). The molecule has 26 heavy (non-hydrogen) atoms. The van der Waals surface area contributed by atoms with Gasteiger partial charge in [0.25, 0.3) is 0 Å². The number of carbonyl (C=O) groups excluding carboxylic acids is 3. The molecule has 1 saturated carbocycles. The van der Waals surface area contributed by atoms with Crippen LogP contribution in [0.1, 0.15) is 51.9 Å². The number of piperidine rings is 1. The average Bonchev–Trinajstić information content (AvgIpc) is 3.02. The molecule has 0 radical (unpaired) electrons. The molecule has 3 aliphatic rings. The number of hydrogen-bond donors (Lipinski definition) is 1. The van der Waals surface area contributed by atoms with E-state index in [1.54, 1.807) is 6.92 Å². The molecule has 0 unspecified atom stereocenters. The first-order valence-electron chi connectivity index (χ1n) is 10.1. The van der Waals surface area contributed by atoms with Gasteiger partial charge in [-0.05, 0) is 32.1 Å². The number of hydrogen-bond acceptors (Lipinski definition) is 3. The number of urea groups is 1. The van der Waals surface area contributed by atoms with E-state index < -0.39 is 0 Å². The van der Waals surface area contributed by atoms with Gasteiger partial charge in [0.2, 0.25) is 11.8 Å². The van der Waals surface area contributed by atoms with Crippen LogP contribution in [0.5, 0.6) is 0 Å². The fourth-order valence-corrected chi connectivity index (χ4v) is 4.38. The van der Waals surface area contributed by atoms with Crippen molar-refractivity contribution in [1.82, 2.24) is 20.0 Å². The predicted octanol–water partition coefficient (Wildman–Crippen LogP) is 1.43. The Hall–Kier alpha value is -1.79. The van der Waals surface area contributed by atoms with Gasteiger partial charge in [0.05, 0.1) is 0 Å². The van der Waals surface area contributed by atoms with Gasteiger partial charge in [0.15, 0.2) is 0 Å². The minimum atomic E-state index is 0.0180. The zero-order chi connectivity index (χ0) is 18.5. The van der Waals surface area contributed by atoms with Crippen LogP contribution in [0, 0.1) is 5.92 Å². The van der Waals surface area contributed by atoms with Crippen molar-refractivity contribution in [3.8, 4) is 0 Å². The van der Waals surface area contributed by atoms with E-state index in [1.165, 1.54) is 12.8 Å². The normalized spacial score (nSPS) is 23.0. The molecule has 7 heteroatoms. The van der Waals surface area contributed by atoms with E-state index >= 15 is 0 Å². The zero-order valence-corrected chi connectivity index (χ0v) is 15.9. The quantitative estimate of drug-likeness (QED) is 0.806. The molecule has 2 aliphatic heterocycles. The smallest absolute Gasteiger partial charge is 0.317 e. The van der Waals surface area contributed by atoms with Crippen LogP contribution in [0.4, 0.5) is 4.79 Å². The Morgan fingerprint density at radius 2 is 1.35 bits per heavy atom. The highest BCUT2D eigenvalue weighted by Crippen LogP contribution is 2.21. The average molecular weight is 364 g/mol. The number of nitrogens with zero attached hydrogens (tertiary/aromatic N) is 3. The lowest BCUT2D eigenvalue weighted by Crippen LogP contribution is -2.47. The van der Waals surface area contributed by atoms with Gasteiger partial charge < -0.3 is 20.0 Å². The summed E-state index contributed by atoms with van der Waals surface area (Å²) in [5.74, 6) is 0.310. The van der Waals surface area contributed by atoms with Crippen molar-refractivity contribution in [2.24, 2.45) is 5.92 Å². The van der Waals surface area contributed by atoms with Gasteiger partial charge in [-0.15, -0.1) is 0 Å². The topological polar surface area (TPSA) is 73.0 Å². The van der Waals surface area contributed by atoms with E-state index in [2.05, 4.69) is 5.32 Å². The summed E-state index contributed by atoms with van der Waals surface area (Å²) >= 11 is 0. The first-order chi connectivity index (χ1) is 12.5. The second kappa shape index (κ2) is 8.73. The van der Waals surface area contributed by atoms with E-state index in [0.29, 0.717) is 38.8 Å². The van der Waals surface area contributed by atoms with Crippen LogP contribution in [0.2, 0.25) is 0 Å². The minimum Gasteiger partial charge on any atom is -0.343 e. The molecule has 2 saturated heterocycles. The number of carbonyl (C=O) groups is 3. The highest BCUT2D eigenvalue weighted by Gasteiger charge is 2.31. The molecular formula is C19H32N4O3. The molecule has 0 aromatic heterocycles. The van der Waals surface area contributed by atoms with Gasteiger partial charge in [-0.1, -0.05) is 12.8 Å². The highest BCUT2D eigenvalue weighted by atomic mass is 16.2.